The molecule has 3 aromatic rings. The second-order valence-corrected chi connectivity index (χ2v) is 12.0. The van der Waals surface area contributed by atoms with Gasteiger partial charge in [-0.3, -0.25) is 4.90 Å². The molecule has 3 nitrogen and oxygen atoms in total. The Kier molecular flexibility index (Phi) is 4.13. The van der Waals surface area contributed by atoms with E-state index in [1.807, 2.05) is 17.4 Å². The lowest BCUT2D eigenvalue weighted by Gasteiger charge is -2.24. The number of thiophene rings is 1. The highest BCUT2D eigenvalue weighted by Crippen LogP contribution is 2.63. The first-order valence-corrected chi connectivity index (χ1v) is 12.7. The molecule has 0 radical (unpaired) electrons. The van der Waals surface area contributed by atoms with Crippen LogP contribution in [0.3, 0.4) is 0 Å². The molecule has 5 rings (SSSR count). The molecule has 1 N–H and O–H groups in total. The van der Waals surface area contributed by atoms with Crippen LogP contribution in [0.5, 0.6) is 0 Å². The van der Waals surface area contributed by atoms with E-state index in [-0.39, 0.29) is 5.41 Å². The third-order valence-electron chi connectivity index (χ3n) is 6.50. The minimum atomic E-state index is -2.25. The first-order chi connectivity index (χ1) is 13.3. The van der Waals surface area contributed by atoms with Gasteiger partial charge >= 0.3 is 0 Å². The summed E-state index contributed by atoms with van der Waals surface area (Å²) in [5.74, 6) is 5.13. The third-order valence-corrected chi connectivity index (χ3v) is 8.27. The maximum atomic E-state index is 12.0. The molecule has 2 aliphatic rings. The Morgan fingerprint density at radius 1 is 1.18 bits per heavy atom. The second-order valence-electron chi connectivity index (χ2n) is 8.63. The molecule has 28 heavy (non-hydrogen) atoms. The van der Waals surface area contributed by atoms with Crippen LogP contribution in [0.25, 0.3) is 10.1 Å². The van der Waals surface area contributed by atoms with Crippen molar-refractivity contribution in [1.82, 2.24) is 4.90 Å². The second kappa shape index (κ2) is 6.34. The summed E-state index contributed by atoms with van der Waals surface area (Å²) in [6.07, 6.45) is 1.64. The Morgan fingerprint density at radius 3 is 2.64 bits per heavy atom. The average molecular weight is 411 g/mol. The van der Waals surface area contributed by atoms with Crippen molar-refractivity contribution in [2.45, 2.75) is 18.9 Å². The Morgan fingerprint density at radius 2 is 1.93 bits per heavy atom. The maximum absolute atomic E-state index is 12.0. The van der Waals surface area contributed by atoms with Gasteiger partial charge in [0.05, 0.1) is 0 Å². The molecule has 1 aliphatic heterocycles. The Hall–Kier alpha value is -1.82. The van der Waals surface area contributed by atoms with Gasteiger partial charge in [-0.25, -0.2) is 4.21 Å². The van der Waals surface area contributed by atoms with Crippen molar-refractivity contribution in [3.8, 4) is 0 Å². The minimum absolute atomic E-state index is 0.240. The van der Waals surface area contributed by atoms with Gasteiger partial charge in [-0.15, -0.1) is 11.3 Å². The lowest BCUT2D eigenvalue weighted by molar-refractivity contribution is 0.272. The summed E-state index contributed by atoms with van der Waals surface area (Å²) in [6.45, 7) is 5.77. The monoisotopic (exact) mass is 410 g/mol. The van der Waals surface area contributed by atoms with E-state index < -0.39 is 9.71 Å². The van der Waals surface area contributed by atoms with E-state index in [1.165, 1.54) is 20.5 Å². The summed E-state index contributed by atoms with van der Waals surface area (Å²) >= 11 is 1.92. The molecular weight excluding hydrogens is 384 g/mol. The van der Waals surface area contributed by atoms with Crippen molar-refractivity contribution < 1.29 is 4.21 Å². The molecule has 1 saturated carbocycles. The SMILES string of the molecule is C=S(C)(=O)Nc1cccc(C2(C)C3CN(Cc4cc5ccccc5s4)CC32)c1. The Labute approximate surface area is 171 Å². The van der Waals surface area contributed by atoms with Crippen LogP contribution >= 0.6 is 11.3 Å². The first-order valence-electron chi connectivity index (χ1n) is 9.73. The lowest BCUT2D eigenvalue weighted by Crippen LogP contribution is -2.28. The highest BCUT2D eigenvalue weighted by atomic mass is 32.2. The number of benzene rings is 2. The minimum Gasteiger partial charge on any atom is -0.313 e. The molecule has 1 aliphatic carbocycles. The van der Waals surface area contributed by atoms with E-state index >= 15 is 0 Å². The summed E-state index contributed by atoms with van der Waals surface area (Å²) < 4.78 is 16.4. The van der Waals surface area contributed by atoms with Gasteiger partial charge in [0.15, 0.2) is 0 Å². The number of piperidine rings is 1. The van der Waals surface area contributed by atoms with Crippen LogP contribution in [0, 0.1) is 11.8 Å². The topological polar surface area (TPSA) is 32.3 Å². The van der Waals surface area contributed by atoms with E-state index in [2.05, 4.69) is 70.9 Å². The highest BCUT2D eigenvalue weighted by molar-refractivity contribution is 8.00. The third kappa shape index (κ3) is 3.15. The van der Waals surface area contributed by atoms with E-state index in [0.717, 1.165) is 25.3 Å². The average Bonchev–Trinajstić information content (AvgIpc) is 2.99. The predicted molar refractivity (Wildman–Crippen MR) is 123 cm³/mol. The molecule has 1 saturated heterocycles. The first kappa shape index (κ1) is 18.2. The van der Waals surface area contributed by atoms with Crippen LogP contribution in [0.1, 0.15) is 17.4 Å². The predicted octanol–water partition coefficient (Wildman–Crippen LogP) is 4.59. The van der Waals surface area contributed by atoms with Gasteiger partial charge in [0.1, 0.15) is 0 Å². The van der Waals surface area contributed by atoms with Gasteiger partial charge in [0.25, 0.3) is 0 Å². The molecule has 2 heterocycles. The zero-order chi connectivity index (χ0) is 19.5. The molecule has 2 aromatic carbocycles. The van der Waals surface area contributed by atoms with E-state index in [0.29, 0.717) is 11.8 Å². The number of anilines is 1. The normalized spacial score (nSPS) is 28.8. The largest absolute Gasteiger partial charge is 0.313 e. The van der Waals surface area contributed by atoms with Crippen LogP contribution in [-0.4, -0.2) is 34.3 Å². The standard InChI is InChI=1S/C23H26N2OS2/c1-23(17-8-6-9-18(12-17)24-28(2,3)26)20-14-25(15-21(20)23)13-19-11-16-7-4-5-10-22(16)27-19/h4-12,20-21H,2,13-15H2,1,3H3,(H,24,26). The van der Waals surface area contributed by atoms with Crippen molar-refractivity contribution in [2.75, 3.05) is 24.1 Å². The molecule has 0 amide bonds. The molecule has 0 spiro atoms. The zero-order valence-electron chi connectivity index (χ0n) is 16.4. The number of rotatable bonds is 5. The molecule has 3 atom stereocenters. The van der Waals surface area contributed by atoms with Gasteiger partial charge in [-0.05, 0) is 52.9 Å². The van der Waals surface area contributed by atoms with Crippen molar-refractivity contribution in [3.05, 3.63) is 65.0 Å². The van der Waals surface area contributed by atoms with E-state index in [9.17, 15) is 4.21 Å². The quantitative estimate of drug-likeness (QED) is 0.624. The fraction of sp³-hybridized carbons (Fsp3) is 0.348. The van der Waals surface area contributed by atoms with Crippen LogP contribution in [0.2, 0.25) is 0 Å². The smallest absolute Gasteiger partial charge is 0.0459 e. The zero-order valence-corrected chi connectivity index (χ0v) is 18.0. The van der Waals surface area contributed by atoms with Crippen LogP contribution < -0.4 is 4.72 Å². The van der Waals surface area contributed by atoms with Gasteiger partial charge in [0.2, 0.25) is 0 Å². The Bertz CT molecular complexity index is 1100. The van der Waals surface area contributed by atoms with Crippen LogP contribution in [0.15, 0.2) is 54.6 Å². The number of fused-ring (bicyclic) bond motifs is 2. The summed E-state index contributed by atoms with van der Waals surface area (Å²) in [6, 6.07) is 19.4. The fourth-order valence-corrected chi connectivity index (χ4v) is 6.75. The summed E-state index contributed by atoms with van der Waals surface area (Å²) in [7, 11) is -2.25. The molecule has 1 aromatic heterocycles. The van der Waals surface area contributed by atoms with Crippen molar-refractivity contribution >= 4 is 42.7 Å². The molecule has 0 bridgehead atoms. The van der Waals surface area contributed by atoms with Gasteiger partial charge in [-0.1, -0.05) is 37.3 Å². The number of nitrogens with one attached hydrogen (secondary N) is 1. The van der Waals surface area contributed by atoms with Crippen molar-refractivity contribution in [1.29, 1.82) is 0 Å². The number of hydrogen-bond donors (Lipinski definition) is 1. The number of likely N-dealkylation sites (tertiary alicyclic amines) is 1. The number of nitrogens with zero attached hydrogens (tertiary/aromatic N) is 1. The van der Waals surface area contributed by atoms with E-state index in [1.54, 1.807) is 6.26 Å². The van der Waals surface area contributed by atoms with Gasteiger partial charge in [-0.2, -0.15) is 0 Å². The molecule has 5 heteroatoms. The maximum Gasteiger partial charge on any atom is 0.0459 e. The van der Waals surface area contributed by atoms with Crippen molar-refractivity contribution in [3.63, 3.8) is 0 Å². The molecule has 2 fully saturated rings. The summed E-state index contributed by atoms with van der Waals surface area (Å²) in [5, 5.41) is 1.36. The van der Waals surface area contributed by atoms with E-state index in [4.69, 9.17) is 0 Å². The van der Waals surface area contributed by atoms with Crippen LogP contribution in [0.4, 0.5) is 5.69 Å². The molecule has 146 valence electrons. The van der Waals surface area contributed by atoms with Crippen molar-refractivity contribution in [2.24, 2.45) is 11.8 Å². The van der Waals surface area contributed by atoms with Gasteiger partial charge in [0, 0.05) is 56.3 Å². The van der Waals surface area contributed by atoms with Gasteiger partial charge < -0.3 is 4.72 Å². The summed E-state index contributed by atoms with van der Waals surface area (Å²) in [5.41, 5.74) is 2.51. The number of hydrogen-bond acceptors (Lipinski definition) is 3. The fourth-order valence-electron chi connectivity index (χ4n) is 5.02. The highest BCUT2D eigenvalue weighted by Gasteiger charge is 2.65. The molecule has 3 unspecified atom stereocenters. The molecular formula is C23H26N2OS2. The lowest BCUT2D eigenvalue weighted by atomic mass is 9.92. The van der Waals surface area contributed by atoms with Crippen LogP contribution in [-0.2, 0) is 21.7 Å². The summed E-state index contributed by atoms with van der Waals surface area (Å²) in [4.78, 5) is 4.07. The Balaban J connectivity index is 1.28.